The number of nitrogens with one attached hydrogen (secondary N) is 1. The Hall–Kier alpha value is -3.69. The van der Waals surface area contributed by atoms with Crippen molar-refractivity contribution in [3.05, 3.63) is 101 Å². The number of carbonyl (C=O) groups is 3. The van der Waals surface area contributed by atoms with E-state index in [0.29, 0.717) is 5.02 Å². The first-order chi connectivity index (χ1) is 19.7. The maximum Gasteiger partial charge on any atom is 0.269 e. The summed E-state index contributed by atoms with van der Waals surface area (Å²) in [5, 5.41) is 3.64. The van der Waals surface area contributed by atoms with Crippen LogP contribution in [0.4, 0.5) is 0 Å². The monoisotopic (exact) mass is 593 g/mol. The number of rotatable bonds is 10. The van der Waals surface area contributed by atoms with Crippen LogP contribution < -0.4 is 5.32 Å². The minimum Gasteiger partial charge on any atom is -0.352 e. The van der Waals surface area contributed by atoms with E-state index in [-0.39, 0.29) is 48.3 Å². The van der Waals surface area contributed by atoms with Crippen molar-refractivity contribution >= 4 is 39.3 Å². The minimum atomic E-state index is -4.07. The van der Waals surface area contributed by atoms with Gasteiger partial charge in [0.25, 0.3) is 15.9 Å². The third-order valence-electron chi connectivity index (χ3n) is 7.66. The van der Waals surface area contributed by atoms with E-state index < -0.39 is 27.9 Å². The van der Waals surface area contributed by atoms with Gasteiger partial charge < -0.3 is 10.2 Å². The highest BCUT2D eigenvalue weighted by Crippen LogP contribution is 2.30. The SMILES string of the molecule is O=C(NC1CCCC1)[C@H](Cc1ccccc1)N(Cc1cccc(Cl)c1)C(=O)CCN1C(=O)c2ccccc2S1(=O)=O. The molecule has 1 saturated carbocycles. The number of carbonyl (C=O) groups excluding carboxylic acids is 3. The number of benzene rings is 3. The van der Waals surface area contributed by atoms with E-state index in [1.165, 1.54) is 17.0 Å². The van der Waals surface area contributed by atoms with Crippen molar-refractivity contribution in [1.29, 1.82) is 0 Å². The van der Waals surface area contributed by atoms with Crippen LogP contribution in [0.3, 0.4) is 0 Å². The third-order valence-corrected chi connectivity index (χ3v) is 9.73. The van der Waals surface area contributed by atoms with Crippen molar-refractivity contribution in [2.24, 2.45) is 0 Å². The van der Waals surface area contributed by atoms with Crippen molar-refractivity contribution in [3.63, 3.8) is 0 Å². The lowest BCUT2D eigenvalue weighted by Crippen LogP contribution is -2.52. The standard InChI is InChI=1S/C31H32ClN3O5S/c32-24-12-8-11-23(19-24)21-34(27(20-22-9-2-1-3-10-22)30(37)33-25-13-4-5-14-25)29(36)17-18-35-31(38)26-15-6-7-16-28(26)41(35,39)40/h1-3,6-12,15-16,19,25,27H,4-5,13-14,17-18,20-21H2,(H,33,37)/t27-/m0/s1. The summed E-state index contributed by atoms with van der Waals surface area (Å²) in [5.41, 5.74) is 1.71. The normalized spacial score (nSPS) is 16.8. The Morgan fingerprint density at radius 1 is 0.951 bits per heavy atom. The number of nitrogens with zero attached hydrogens (tertiary/aromatic N) is 2. The van der Waals surface area contributed by atoms with E-state index in [1.807, 2.05) is 36.4 Å². The van der Waals surface area contributed by atoms with Gasteiger partial charge in [-0.3, -0.25) is 14.4 Å². The molecule has 1 atom stereocenters. The summed E-state index contributed by atoms with van der Waals surface area (Å²) < 4.78 is 26.9. The summed E-state index contributed by atoms with van der Waals surface area (Å²) in [4.78, 5) is 42.1. The van der Waals surface area contributed by atoms with Crippen molar-refractivity contribution in [1.82, 2.24) is 14.5 Å². The molecular weight excluding hydrogens is 562 g/mol. The van der Waals surface area contributed by atoms with Crippen LogP contribution in [0.1, 0.15) is 53.6 Å². The zero-order chi connectivity index (χ0) is 29.0. The summed E-state index contributed by atoms with van der Waals surface area (Å²) in [7, 11) is -4.07. The number of amides is 3. The van der Waals surface area contributed by atoms with Gasteiger partial charge in [-0.15, -0.1) is 0 Å². The molecule has 2 aliphatic rings. The lowest BCUT2D eigenvalue weighted by Gasteiger charge is -2.33. The van der Waals surface area contributed by atoms with Gasteiger partial charge in [-0.2, -0.15) is 0 Å². The van der Waals surface area contributed by atoms with Crippen LogP contribution in [-0.2, 0) is 32.6 Å². The molecule has 5 rings (SSSR count). The van der Waals surface area contributed by atoms with Gasteiger partial charge in [-0.25, -0.2) is 12.7 Å². The Kier molecular flexibility index (Phi) is 8.75. The molecule has 1 fully saturated rings. The first kappa shape index (κ1) is 28.8. The van der Waals surface area contributed by atoms with Gasteiger partial charge in [0.15, 0.2) is 0 Å². The average Bonchev–Trinajstić information content (AvgIpc) is 3.54. The molecule has 10 heteroatoms. The van der Waals surface area contributed by atoms with E-state index in [9.17, 15) is 22.8 Å². The van der Waals surface area contributed by atoms with E-state index in [1.54, 1.807) is 30.3 Å². The minimum absolute atomic E-state index is 0.0507. The van der Waals surface area contributed by atoms with Gasteiger partial charge in [-0.05, 0) is 48.2 Å². The van der Waals surface area contributed by atoms with Gasteiger partial charge >= 0.3 is 0 Å². The second-order valence-corrected chi connectivity index (χ2v) is 12.7. The number of halogens is 1. The molecule has 0 unspecified atom stereocenters. The van der Waals surface area contributed by atoms with Crippen LogP contribution in [-0.4, -0.2) is 54.0 Å². The van der Waals surface area contributed by atoms with E-state index in [0.717, 1.165) is 41.1 Å². The quantitative estimate of drug-likeness (QED) is 0.371. The fraction of sp³-hybridized carbons (Fsp3) is 0.323. The molecular formula is C31H32ClN3O5S. The molecule has 3 aromatic carbocycles. The van der Waals surface area contributed by atoms with E-state index in [4.69, 9.17) is 11.6 Å². The maximum atomic E-state index is 13.9. The Bertz CT molecular complexity index is 1540. The zero-order valence-electron chi connectivity index (χ0n) is 22.5. The van der Waals surface area contributed by atoms with Gasteiger partial charge in [-0.1, -0.05) is 79.0 Å². The summed E-state index contributed by atoms with van der Waals surface area (Å²) in [6.45, 7) is -0.237. The molecule has 3 amide bonds. The lowest BCUT2D eigenvalue weighted by atomic mass is 10.0. The first-order valence-corrected chi connectivity index (χ1v) is 15.6. The molecule has 3 aromatic rings. The molecule has 1 aliphatic carbocycles. The van der Waals surface area contributed by atoms with E-state index in [2.05, 4.69) is 5.32 Å². The maximum absolute atomic E-state index is 13.9. The highest BCUT2D eigenvalue weighted by atomic mass is 35.5. The smallest absolute Gasteiger partial charge is 0.269 e. The number of fused-ring (bicyclic) bond motifs is 1. The predicted molar refractivity (Wildman–Crippen MR) is 156 cm³/mol. The molecule has 1 heterocycles. The van der Waals surface area contributed by atoms with Crippen LogP contribution in [0.15, 0.2) is 83.8 Å². The Morgan fingerprint density at radius 3 is 2.34 bits per heavy atom. The molecule has 8 nitrogen and oxygen atoms in total. The van der Waals surface area contributed by atoms with Crippen molar-refractivity contribution in [2.75, 3.05) is 6.54 Å². The lowest BCUT2D eigenvalue weighted by molar-refractivity contribution is -0.141. The Morgan fingerprint density at radius 2 is 1.63 bits per heavy atom. The van der Waals surface area contributed by atoms with Crippen molar-refractivity contribution in [2.45, 2.75) is 62.0 Å². The van der Waals surface area contributed by atoms with Gasteiger partial charge in [0.2, 0.25) is 11.8 Å². The molecule has 0 spiro atoms. The fourth-order valence-corrected chi connectivity index (χ4v) is 7.33. The largest absolute Gasteiger partial charge is 0.352 e. The van der Waals surface area contributed by atoms with Crippen molar-refractivity contribution < 1.29 is 22.8 Å². The molecule has 0 saturated heterocycles. The van der Waals surface area contributed by atoms with Crippen LogP contribution in [0.2, 0.25) is 5.02 Å². The molecule has 214 valence electrons. The molecule has 0 bridgehead atoms. The molecule has 0 aromatic heterocycles. The second kappa shape index (κ2) is 12.4. The van der Waals surface area contributed by atoms with Crippen LogP contribution >= 0.6 is 11.6 Å². The molecule has 0 radical (unpaired) electrons. The molecule has 41 heavy (non-hydrogen) atoms. The zero-order valence-corrected chi connectivity index (χ0v) is 24.1. The molecule has 1 aliphatic heterocycles. The Balaban J connectivity index is 1.43. The van der Waals surface area contributed by atoms with E-state index >= 15 is 0 Å². The number of sulfonamides is 1. The van der Waals surface area contributed by atoms with Crippen LogP contribution in [0.25, 0.3) is 0 Å². The Labute approximate surface area is 245 Å². The van der Waals surface area contributed by atoms with Gasteiger partial charge in [0.05, 0.1) is 5.56 Å². The highest BCUT2D eigenvalue weighted by Gasteiger charge is 2.41. The van der Waals surface area contributed by atoms with Crippen molar-refractivity contribution in [3.8, 4) is 0 Å². The highest BCUT2D eigenvalue weighted by molar-refractivity contribution is 7.90. The number of hydrogen-bond donors (Lipinski definition) is 1. The van der Waals surface area contributed by atoms with Crippen LogP contribution in [0.5, 0.6) is 0 Å². The second-order valence-electron chi connectivity index (χ2n) is 10.5. The summed E-state index contributed by atoms with van der Waals surface area (Å²) in [6, 6.07) is 21.7. The summed E-state index contributed by atoms with van der Waals surface area (Å²) in [5.74, 6) is -1.35. The van der Waals surface area contributed by atoms with Crippen LogP contribution in [0, 0.1) is 0 Å². The predicted octanol–water partition coefficient (Wildman–Crippen LogP) is 4.57. The van der Waals surface area contributed by atoms with Gasteiger partial charge in [0, 0.05) is 37.0 Å². The van der Waals surface area contributed by atoms with Gasteiger partial charge in [0.1, 0.15) is 10.9 Å². The third kappa shape index (κ3) is 6.47. The first-order valence-electron chi connectivity index (χ1n) is 13.8. The summed E-state index contributed by atoms with van der Waals surface area (Å²) in [6.07, 6.45) is 3.86. The molecule has 1 N–H and O–H groups in total. The summed E-state index contributed by atoms with van der Waals surface area (Å²) >= 11 is 6.24. The average molecular weight is 594 g/mol. The fourth-order valence-electron chi connectivity index (χ4n) is 5.55. The number of hydrogen-bond acceptors (Lipinski definition) is 5. The topological polar surface area (TPSA) is 104 Å².